The van der Waals surface area contributed by atoms with E-state index in [4.69, 9.17) is 11.6 Å². The van der Waals surface area contributed by atoms with E-state index in [9.17, 15) is 19.5 Å². The summed E-state index contributed by atoms with van der Waals surface area (Å²) in [5.41, 5.74) is 0.629. The first-order chi connectivity index (χ1) is 13.4. The molecular weight excluding hydrogens is 382 g/mol. The number of H-pyrrole nitrogens is 1. The number of aliphatic hydroxyl groups is 1. The Morgan fingerprint density at radius 1 is 1.18 bits per heavy atom. The molecule has 28 heavy (non-hydrogen) atoms. The van der Waals surface area contributed by atoms with Crippen LogP contribution in [-0.2, 0) is 4.79 Å². The van der Waals surface area contributed by atoms with E-state index in [1.807, 2.05) is 0 Å². The second kappa shape index (κ2) is 9.03. The smallest absolute Gasteiger partial charge is 0.253 e. The van der Waals surface area contributed by atoms with Crippen LogP contribution in [-0.4, -0.2) is 46.4 Å². The second-order valence-electron chi connectivity index (χ2n) is 6.80. The van der Waals surface area contributed by atoms with Crippen LogP contribution >= 0.6 is 11.6 Å². The molecule has 0 saturated carbocycles. The van der Waals surface area contributed by atoms with Gasteiger partial charge in [0.05, 0.1) is 0 Å². The fraction of sp³-hybridized carbons (Fsp3) is 0.350. The zero-order valence-corrected chi connectivity index (χ0v) is 16.0. The first-order valence-electron chi connectivity index (χ1n) is 9.14. The monoisotopic (exact) mass is 403 g/mol. The van der Waals surface area contributed by atoms with E-state index in [1.165, 1.54) is 6.07 Å². The molecule has 0 aliphatic carbocycles. The lowest BCUT2D eigenvalue weighted by atomic mass is 9.95. The topological polar surface area (TPSA) is 102 Å². The lowest BCUT2D eigenvalue weighted by Crippen LogP contribution is -2.43. The van der Waals surface area contributed by atoms with Crippen molar-refractivity contribution in [2.45, 2.75) is 18.9 Å². The third-order valence-corrected chi connectivity index (χ3v) is 5.12. The Labute approximate surface area is 167 Å². The van der Waals surface area contributed by atoms with Gasteiger partial charge in [-0.3, -0.25) is 14.4 Å². The van der Waals surface area contributed by atoms with E-state index < -0.39 is 6.10 Å². The fourth-order valence-electron chi connectivity index (χ4n) is 3.23. The van der Waals surface area contributed by atoms with Crippen LogP contribution in [0.3, 0.4) is 0 Å². The van der Waals surface area contributed by atoms with Crippen LogP contribution in [0.25, 0.3) is 0 Å². The maximum absolute atomic E-state index is 12.5. The van der Waals surface area contributed by atoms with Crippen LogP contribution in [0.1, 0.15) is 35.0 Å². The van der Waals surface area contributed by atoms with Gasteiger partial charge in [-0.05, 0) is 43.2 Å². The molecular formula is C20H22ClN3O4. The van der Waals surface area contributed by atoms with Gasteiger partial charge in [0.2, 0.25) is 11.5 Å². The van der Waals surface area contributed by atoms with Crippen molar-refractivity contribution in [1.29, 1.82) is 0 Å². The van der Waals surface area contributed by atoms with Crippen molar-refractivity contribution in [3.63, 3.8) is 0 Å². The molecule has 1 saturated heterocycles. The predicted molar refractivity (Wildman–Crippen MR) is 105 cm³/mol. The lowest BCUT2D eigenvalue weighted by molar-refractivity contribution is -0.126. The first-order valence-corrected chi connectivity index (χ1v) is 9.51. The average molecular weight is 404 g/mol. The van der Waals surface area contributed by atoms with Gasteiger partial charge in [0.25, 0.3) is 5.91 Å². The number of carbonyl (C=O) groups is 2. The number of carbonyl (C=O) groups excluding carboxylic acids is 2. The lowest BCUT2D eigenvalue weighted by Gasteiger charge is -2.31. The molecule has 1 fully saturated rings. The quantitative estimate of drug-likeness (QED) is 0.707. The van der Waals surface area contributed by atoms with E-state index >= 15 is 0 Å². The number of piperidine rings is 1. The molecule has 7 nitrogen and oxygen atoms in total. The third-order valence-electron chi connectivity index (χ3n) is 4.86. The highest BCUT2D eigenvalue weighted by Gasteiger charge is 2.28. The van der Waals surface area contributed by atoms with Gasteiger partial charge in [-0.25, -0.2) is 0 Å². The molecule has 1 aliphatic rings. The molecule has 8 heteroatoms. The minimum Gasteiger partial charge on any atom is -0.385 e. The highest BCUT2D eigenvalue weighted by Crippen LogP contribution is 2.20. The molecule has 148 valence electrons. The summed E-state index contributed by atoms with van der Waals surface area (Å²) in [5.74, 6) is -0.439. The van der Waals surface area contributed by atoms with Crippen LogP contribution in [0.4, 0.5) is 0 Å². The Morgan fingerprint density at radius 2 is 1.86 bits per heavy atom. The number of nitrogens with one attached hydrogen (secondary N) is 2. The van der Waals surface area contributed by atoms with Gasteiger partial charge < -0.3 is 20.3 Å². The van der Waals surface area contributed by atoms with Gasteiger partial charge in [0.1, 0.15) is 6.10 Å². The summed E-state index contributed by atoms with van der Waals surface area (Å²) in [7, 11) is 0. The number of pyridine rings is 1. The summed E-state index contributed by atoms with van der Waals surface area (Å²) in [4.78, 5) is 40.4. The zero-order chi connectivity index (χ0) is 20.1. The molecule has 1 aliphatic heterocycles. The number of rotatable bonds is 5. The van der Waals surface area contributed by atoms with Crippen molar-refractivity contribution in [3.05, 3.63) is 69.1 Å². The molecule has 1 aromatic heterocycles. The minimum absolute atomic E-state index is 0.0166. The number of aromatic amines is 1. The van der Waals surface area contributed by atoms with Crippen molar-refractivity contribution in [2.75, 3.05) is 19.6 Å². The number of nitrogens with zero attached hydrogens (tertiary/aromatic N) is 1. The molecule has 0 radical (unpaired) electrons. The number of halogens is 1. The standard InChI is InChI=1S/C20H22ClN3O4/c21-15-6-4-14(5-7-15)20(28)24-10-8-13(9-11-24)19(27)22-12-17(25)16-2-1-3-18(26)23-16/h1-7,13,17,25H,8-12H2,(H,22,27)(H,23,26). The molecule has 2 amide bonds. The predicted octanol–water partition coefficient (Wildman–Crippen LogP) is 1.73. The van der Waals surface area contributed by atoms with Crippen molar-refractivity contribution >= 4 is 23.4 Å². The van der Waals surface area contributed by atoms with Gasteiger partial charge in [0, 0.05) is 47.9 Å². The summed E-state index contributed by atoms with van der Waals surface area (Å²) in [5, 5.41) is 13.4. The largest absolute Gasteiger partial charge is 0.385 e. The number of likely N-dealkylation sites (tertiary alicyclic amines) is 1. The maximum atomic E-state index is 12.5. The number of hydrogen-bond acceptors (Lipinski definition) is 4. The first kappa shape index (κ1) is 20.1. The van der Waals surface area contributed by atoms with Crippen LogP contribution in [0.5, 0.6) is 0 Å². The van der Waals surface area contributed by atoms with E-state index in [1.54, 1.807) is 41.3 Å². The molecule has 3 N–H and O–H groups in total. The van der Waals surface area contributed by atoms with Crippen molar-refractivity contribution in [2.24, 2.45) is 5.92 Å². The molecule has 1 aromatic carbocycles. The average Bonchev–Trinajstić information content (AvgIpc) is 2.72. The Morgan fingerprint density at radius 3 is 2.50 bits per heavy atom. The zero-order valence-electron chi connectivity index (χ0n) is 15.2. The minimum atomic E-state index is -0.982. The van der Waals surface area contributed by atoms with Crippen LogP contribution in [0.2, 0.25) is 5.02 Å². The normalized spacial score (nSPS) is 15.9. The van der Waals surface area contributed by atoms with E-state index in [2.05, 4.69) is 10.3 Å². The van der Waals surface area contributed by atoms with Crippen molar-refractivity contribution in [1.82, 2.24) is 15.2 Å². The number of aliphatic hydroxyl groups excluding tert-OH is 1. The highest BCUT2D eigenvalue weighted by molar-refractivity contribution is 6.30. The van der Waals surface area contributed by atoms with Gasteiger partial charge in [-0.1, -0.05) is 17.7 Å². The van der Waals surface area contributed by atoms with E-state index in [-0.39, 0.29) is 29.8 Å². The SMILES string of the molecule is O=C(NCC(O)c1cccc(=O)[nH]1)C1CCN(C(=O)c2ccc(Cl)cc2)CC1. The van der Waals surface area contributed by atoms with Gasteiger partial charge in [0.15, 0.2) is 0 Å². The van der Waals surface area contributed by atoms with Crippen LogP contribution in [0.15, 0.2) is 47.3 Å². The Hall–Kier alpha value is -2.64. The molecule has 2 aromatic rings. The van der Waals surface area contributed by atoms with E-state index in [0.29, 0.717) is 42.2 Å². The second-order valence-corrected chi connectivity index (χ2v) is 7.24. The van der Waals surface area contributed by atoms with Gasteiger partial charge >= 0.3 is 0 Å². The highest BCUT2D eigenvalue weighted by atomic mass is 35.5. The summed E-state index contributed by atoms with van der Waals surface area (Å²) < 4.78 is 0. The fourth-order valence-corrected chi connectivity index (χ4v) is 3.36. The Bertz CT molecular complexity index is 889. The van der Waals surface area contributed by atoms with Gasteiger partial charge in [-0.2, -0.15) is 0 Å². The molecule has 3 rings (SSSR count). The Kier molecular flexibility index (Phi) is 6.49. The Balaban J connectivity index is 1.47. The van der Waals surface area contributed by atoms with Crippen molar-refractivity contribution in [3.8, 4) is 0 Å². The third kappa shape index (κ3) is 4.99. The molecule has 0 bridgehead atoms. The van der Waals surface area contributed by atoms with E-state index in [0.717, 1.165) is 0 Å². The summed E-state index contributed by atoms with van der Waals surface area (Å²) in [6, 6.07) is 11.2. The molecule has 0 spiro atoms. The summed E-state index contributed by atoms with van der Waals surface area (Å²) in [6.07, 6.45) is 0.136. The number of aromatic nitrogens is 1. The van der Waals surface area contributed by atoms with Gasteiger partial charge in [-0.15, -0.1) is 0 Å². The number of amides is 2. The summed E-state index contributed by atoms with van der Waals surface area (Å²) in [6.45, 7) is 1.00. The van der Waals surface area contributed by atoms with Crippen molar-refractivity contribution < 1.29 is 14.7 Å². The molecule has 2 heterocycles. The summed E-state index contributed by atoms with van der Waals surface area (Å²) >= 11 is 5.85. The molecule has 1 atom stereocenters. The van der Waals surface area contributed by atoms with Crippen LogP contribution in [0, 0.1) is 5.92 Å². The number of benzene rings is 1. The van der Waals surface area contributed by atoms with Crippen LogP contribution < -0.4 is 10.9 Å². The molecule has 1 unspecified atom stereocenters. The number of hydrogen-bond donors (Lipinski definition) is 3. The maximum Gasteiger partial charge on any atom is 0.253 e.